The Morgan fingerprint density at radius 2 is 1.69 bits per heavy atom. The third-order valence-electron chi connectivity index (χ3n) is 4.23. The molecular formula is C20H19N3O2S. The van der Waals surface area contributed by atoms with E-state index in [1.54, 1.807) is 12.2 Å². The summed E-state index contributed by atoms with van der Waals surface area (Å²) in [6.07, 6.45) is 3.14. The van der Waals surface area contributed by atoms with Crippen LogP contribution in [0.2, 0.25) is 0 Å². The number of carbonyl (C=O) groups excluding carboxylic acids is 2. The zero-order chi connectivity index (χ0) is 18.8. The quantitative estimate of drug-likeness (QED) is 0.392. The zero-order valence-corrected chi connectivity index (χ0v) is 15.5. The fourth-order valence-electron chi connectivity index (χ4n) is 2.95. The van der Waals surface area contributed by atoms with Crippen molar-refractivity contribution in [2.45, 2.75) is 13.8 Å². The van der Waals surface area contributed by atoms with Crippen molar-refractivity contribution in [3.63, 3.8) is 0 Å². The number of hydrogen-bond acceptors (Lipinski definition) is 3. The second kappa shape index (κ2) is 7.09. The largest absolute Gasteiger partial charge is 0.319 e. The van der Waals surface area contributed by atoms with Crippen molar-refractivity contribution in [1.29, 1.82) is 0 Å². The number of aromatic nitrogens is 1. The molecule has 0 aliphatic carbocycles. The van der Waals surface area contributed by atoms with Crippen LogP contribution in [0.3, 0.4) is 0 Å². The third-order valence-corrected chi connectivity index (χ3v) is 4.55. The first-order chi connectivity index (χ1) is 12.4. The van der Waals surface area contributed by atoms with Crippen LogP contribution in [0.1, 0.15) is 17.0 Å². The second-order valence-corrected chi connectivity index (χ2v) is 6.45. The van der Waals surface area contributed by atoms with Gasteiger partial charge in [0.15, 0.2) is 5.11 Å². The zero-order valence-electron chi connectivity index (χ0n) is 14.7. The summed E-state index contributed by atoms with van der Waals surface area (Å²) in [6.45, 7) is 7.96. The second-order valence-electron chi connectivity index (χ2n) is 6.06. The highest BCUT2D eigenvalue weighted by Gasteiger charge is 2.32. The van der Waals surface area contributed by atoms with Crippen LogP contribution < -0.4 is 5.32 Å². The van der Waals surface area contributed by atoms with Gasteiger partial charge in [-0.1, -0.05) is 18.2 Å². The van der Waals surface area contributed by atoms with E-state index in [0.29, 0.717) is 0 Å². The molecule has 1 aliphatic rings. The molecule has 1 saturated heterocycles. The van der Waals surface area contributed by atoms with Crippen molar-refractivity contribution in [2.24, 2.45) is 0 Å². The van der Waals surface area contributed by atoms with Gasteiger partial charge in [-0.2, -0.15) is 0 Å². The smallest absolute Gasteiger partial charge is 0.265 e. The van der Waals surface area contributed by atoms with Gasteiger partial charge in [-0.15, -0.1) is 6.58 Å². The van der Waals surface area contributed by atoms with E-state index in [1.165, 1.54) is 4.90 Å². The van der Waals surface area contributed by atoms with Gasteiger partial charge in [0.1, 0.15) is 5.57 Å². The number of rotatable bonds is 4. The standard InChI is InChI=1S/C20H19N3O2S/c1-4-11-22-19(25)17(18(24)21-20(22)26)12-15-7-9-16(10-8-15)23-13(2)5-6-14(23)3/h4-10,12H,1,11H2,2-3H3,(H,21,24,26)/b17-12-. The van der Waals surface area contributed by atoms with E-state index in [4.69, 9.17) is 12.2 Å². The lowest BCUT2D eigenvalue weighted by Gasteiger charge is -2.27. The first-order valence-corrected chi connectivity index (χ1v) is 8.58. The molecule has 26 heavy (non-hydrogen) atoms. The number of hydrogen-bond donors (Lipinski definition) is 1. The molecule has 0 saturated carbocycles. The summed E-state index contributed by atoms with van der Waals surface area (Å²) in [7, 11) is 0. The number of nitrogens with zero attached hydrogens (tertiary/aromatic N) is 2. The van der Waals surface area contributed by atoms with Gasteiger partial charge >= 0.3 is 0 Å². The minimum absolute atomic E-state index is 0.0570. The van der Waals surface area contributed by atoms with Gasteiger partial charge in [0.05, 0.1) is 0 Å². The van der Waals surface area contributed by atoms with Crippen molar-refractivity contribution in [1.82, 2.24) is 14.8 Å². The fraction of sp³-hybridized carbons (Fsp3) is 0.150. The first-order valence-electron chi connectivity index (χ1n) is 8.17. The molecule has 2 heterocycles. The van der Waals surface area contributed by atoms with Crippen molar-refractivity contribution >= 4 is 35.2 Å². The number of amides is 2. The minimum atomic E-state index is -0.485. The Morgan fingerprint density at radius 1 is 1.08 bits per heavy atom. The number of nitrogens with one attached hydrogen (secondary N) is 1. The van der Waals surface area contributed by atoms with Crippen LogP contribution in [0.5, 0.6) is 0 Å². The molecule has 1 aromatic heterocycles. The Balaban J connectivity index is 1.92. The molecule has 2 amide bonds. The van der Waals surface area contributed by atoms with E-state index in [1.807, 2.05) is 38.1 Å². The van der Waals surface area contributed by atoms with Gasteiger partial charge in [-0.25, -0.2) is 0 Å². The number of benzene rings is 1. The van der Waals surface area contributed by atoms with E-state index in [2.05, 4.69) is 28.6 Å². The molecule has 0 radical (unpaired) electrons. The van der Waals surface area contributed by atoms with E-state index >= 15 is 0 Å². The van der Waals surface area contributed by atoms with Crippen molar-refractivity contribution in [2.75, 3.05) is 6.54 Å². The summed E-state index contributed by atoms with van der Waals surface area (Å²) < 4.78 is 2.14. The Hall–Kier alpha value is -2.99. The van der Waals surface area contributed by atoms with Gasteiger partial charge < -0.3 is 4.57 Å². The summed E-state index contributed by atoms with van der Waals surface area (Å²) >= 11 is 5.05. The lowest BCUT2D eigenvalue weighted by Crippen LogP contribution is -2.53. The third kappa shape index (κ3) is 3.23. The Labute approximate surface area is 157 Å². The molecule has 3 rings (SSSR count). The molecule has 1 aromatic carbocycles. The van der Waals surface area contributed by atoms with E-state index < -0.39 is 11.8 Å². The maximum absolute atomic E-state index is 12.5. The highest BCUT2D eigenvalue weighted by atomic mass is 32.1. The van der Waals surface area contributed by atoms with Crippen LogP contribution >= 0.6 is 12.2 Å². The molecule has 6 heteroatoms. The van der Waals surface area contributed by atoms with E-state index in [-0.39, 0.29) is 17.2 Å². The van der Waals surface area contributed by atoms with Gasteiger partial charge in [-0.05, 0) is 62.0 Å². The maximum Gasteiger partial charge on any atom is 0.265 e. The summed E-state index contributed by atoms with van der Waals surface area (Å²) in [5, 5.41) is 2.64. The molecule has 132 valence electrons. The molecule has 0 spiro atoms. The van der Waals surface area contributed by atoms with Gasteiger partial charge in [0.2, 0.25) is 0 Å². The van der Waals surface area contributed by atoms with Crippen LogP contribution in [-0.4, -0.2) is 32.9 Å². The molecule has 0 atom stereocenters. The SMILES string of the molecule is C=CCN1C(=O)/C(=C\c2ccc(-n3c(C)ccc3C)cc2)C(=O)NC1=S. The van der Waals surface area contributed by atoms with Crippen LogP contribution in [0.15, 0.2) is 54.6 Å². The first kappa shape index (κ1) is 17.8. The fourth-order valence-corrected chi connectivity index (χ4v) is 3.20. The summed E-state index contributed by atoms with van der Waals surface area (Å²) in [5.74, 6) is -0.902. The molecule has 5 nitrogen and oxygen atoms in total. The van der Waals surface area contributed by atoms with Gasteiger partial charge in [0.25, 0.3) is 11.8 Å². The number of thiocarbonyl (C=S) groups is 1. The average Bonchev–Trinajstić information content (AvgIpc) is 2.95. The summed E-state index contributed by atoms with van der Waals surface area (Å²) in [5.41, 5.74) is 4.14. The lowest BCUT2D eigenvalue weighted by molar-refractivity contribution is -0.128. The van der Waals surface area contributed by atoms with Gasteiger partial charge in [-0.3, -0.25) is 19.8 Å². The number of carbonyl (C=O) groups is 2. The number of aryl methyl sites for hydroxylation is 2. The Kier molecular flexibility index (Phi) is 4.86. The van der Waals surface area contributed by atoms with Crippen molar-refractivity contribution in [3.8, 4) is 5.69 Å². The average molecular weight is 365 g/mol. The predicted octanol–water partition coefficient (Wildman–Crippen LogP) is 2.91. The van der Waals surface area contributed by atoms with Crippen LogP contribution in [0.25, 0.3) is 11.8 Å². The molecule has 0 bridgehead atoms. The summed E-state index contributed by atoms with van der Waals surface area (Å²) in [6, 6.07) is 11.8. The maximum atomic E-state index is 12.5. The highest BCUT2D eigenvalue weighted by molar-refractivity contribution is 7.80. The minimum Gasteiger partial charge on any atom is -0.319 e. The topological polar surface area (TPSA) is 54.3 Å². The van der Waals surface area contributed by atoms with Crippen LogP contribution in [0, 0.1) is 13.8 Å². The highest BCUT2D eigenvalue weighted by Crippen LogP contribution is 2.19. The van der Waals surface area contributed by atoms with E-state index in [9.17, 15) is 9.59 Å². The van der Waals surface area contributed by atoms with Crippen LogP contribution in [-0.2, 0) is 9.59 Å². The Morgan fingerprint density at radius 3 is 2.27 bits per heavy atom. The van der Waals surface area contributed by atoms with Gasteiger partial charge in [0, 0.05) is 23.6 Å². The lowest BCUT2D eigenvalue weighted by atomic mass is 10.1. The van der Waals surface area contributed by atoms with E-state index in [0.717, 1.165) is 22.6 Å². The normalized spacial score (nSPS) is 16.2. The molecule has 2 aromatic rings. The summed E-state index contributed by atoms with van der Waals surface area (Å²) in [4.78, 5) is 26.0. The monoisotopic (exact) mass is 365 g/mol. The van der Waals surface area contributed by atoms with Crippen LogP contribution in [0.4, 0.5) is 0 Å². The van der Waals surface area contributed by atoms with Crippen molar-refractivity contribution < 1.29 is 9.59 Å². The molecule has 1 aliphatic heterocycles. The Bertz CT molecular complexity index is 919. The molecule has 1 fully saturated rings. The molecule has 0 unspecified atom stereocenters. The predicted molar refractivity (Wildman–Crippen MR) is 106 cm³/mol. The molecular weight excluding hydrogens is 346 g/mol. The van der Waals surface area contributed by atoms with Crippen molar-refractivity contribution in [3.05, 3.63) is 71.6 Å². The molecule has 1 N–H and O–H groups in total.